The van der Waals surface area contributed by atoms with Crippen molar-refractivity contribution >= 4 is 23.5 Å². The summed E-state index contributed by atoms with van der Waals surface area (Å²) in [5.74, 6) is -1.01. The van der Waals surface area contributed by atoms with Gasteiger partial charge in [-0.05, 0) is 44.6 Å². The van der Waals surface area contributed by atoms with Crippen LogP contribution in [-0.2, 0) is 16.1 Å². The van der Waals surface area contributed by atoms with Crippen molar-refractivity contribution in [3.63, 3.8) is 0 Å². The lowest BCUT2D eigenvalue weighted by atomic mass is 9.93. The van der Waals surface area contributed by atoms with Gasteiger partial charge in [-0.3, -0.25) is 19.0 Å². The van der Waals surface area contributed by atoms with Gasteiger partial charge in [0.25, 0.3) is 11.5 Å². The number of carbonyl (C=O) groups is 2. The van der Waals surface area contributed by atoms with Gasteiger partial charge in [-0.15, -0.1) is 0 Å². The van der Waals surface area contributed by atoms with Crippen LogP contribution in [0.2, 0.25) is 0 Å². The van der Waals surface area contributed by atoms with Crippen LogP contribution in [0.1, 0.15) is 62.4 Å². The number of likely N-dealkylation sites (tertiary alicyclic amines) is 1. The second-order valence-corrected chi connectivity index (χ2v) is 9.90. The second kappa shape index (κ2) is 9.25. The van der Waals surface area contributed by atoms with E-state index in [0.717, 1.165) is 30.2 Å². The van der Waals surface area contributed by atoms with Gasteiger partial charge in [-0.25, -0.2) is 0 Å². The smallest absolute Gasteiger partial charge is 0.291 e. The van der Waals surface area contributed by atoms with Crippen LogP contribution in [0.15, 0.2) is 17.1 Å². The third-order valence-electron chi connectivity index (χ3n) is 6.63. The quantitative estimate of drug-likeness (QED) is 0.595. The van der Waals surface area contributed by atoms with E-state index in [1.165, 1.54) is 16.8 Å². The van der Waals surface area contributed by atoms with Crippen molar-refractivity contribution in [3.05, 3.63) is 33.8 Å². The summed E-state index contributed by atoms with van der Waals surface area (Å²) in [5.41, 5.74) is -0.365. The monoisotopic (exact) mass is 471 g/mol. The first-order valence-corrected chi connectivity index (χ1v) is 11.8. The number of fused-ring (bicyclic) bond motifs is 1. The summed E-state index contributed by atoms with van der Waals surface area (Å²) in [7, 11) is 1.69. The Morgan fingerprint density at radius 3 is 2.59 bits per heavy atom. The van der Waals surface area contributed by atoms with Crippen molar-refractivity contribution in [1.29, 1.82) is 0 Å². The molecule has 1 saturated heterocycles. The molecule has 2 aromatic rings. The topological polar surface area (TPSA) is 118 Å². The predicted octanol–water partition coefficient (Wildman–Crippen LogP) is 1.79. The molecule has 0 bridgehead atoms. The fourth-order valence-corrected chi connectivity index (χ4v) is 4.22. The number of rotatable bonds is 7. The third-order valence-corrected chi connectivity index (χ3v) is 6.63. The normalized spacial score (nSPS) is 18.2. The van der Waals surface area contributed by atoms with Crippen molar-refractivity contribution in [1.82, 2.24) is 24.4 Å². The van der Waals surface area contributed by atoms with E-state index in [1.54, 1.807) is 18.1 Å². The first-order valence-electron chi connectivity index (χ1n) is 11.8. The summed E-state index contributed by atoms with van der Waals surface area (Å²) in [4.78, 5) is 40.3. The molecule has 2 aromatic heterocycles. The molecule has 0 spiro atoms. The number of aromatic nitrogens is 3. The van der Waals surface area contributed by atoms with E-state index in [-0.39, 0.29) is 34.9 Å². The van der Waals surface area contributed by atoms with Crippen molar-refractivity contribution in [3.8, 4) is 5.88 Å². The predicted molar refractivity (Wildman–Crippen MR) is 127 cm³/mol. The molecule has 34 heavy (non-hydrogen) atoms. The van der Waals surface area contributed by atoms with Gasteiger partial charge in [-0.2, -0.15) is 9.61 Å². The number of nitrogens with one attached hydrogen (secondary N) is 1. The average molecular weight is 472 g/mol. The number of hydrogen-bond donors (Lipinski definition) is 2. The maximum Gasteiger partial charge on any atom is 0.291 e. The lowest BCUT2D eigenvalue weighted by Crippen LogP contribution is -2.45. The Bertz CT molecular complexity index is 1180. The van der Waals surface area contributed by atoms with Gasteiger partial charge in [0.05, 0.1) is 11.8 Å². The first kappa shape index (κ1) is 24.0. The zero-order valence-electron chi connectivity index (χ0n) is 20.2. The van der Waals surface area contributed by atoms with Crippen molar-refractivity contribution < 1.29 is 19.4 Å². The van der Waals surface area contributed by atoms with Gasteiger partial charge in [-0.1, -0.05) is 13.8 Å². The van der Waals surface area contributed by atoms with Crippen LogP contribution in [0.4, 0.5) is 0 Å². The van der Waals surface area contributed by atoms with E-state index >= 15 is 0 Å². The van der Waals surface area contributed by atoms with Gasteiger partial charge in [0.2, 0.25) is 11.8 Å². The first-order chi connectivity index (χ1) is 16.1. The maximum absolute atomic E-state index is 13.1. The summed E-state index contributed by atoms with van der Waals surface area (Å²) < 4.78 is 8.19. The number of methoxy groups -OCH3 is 1. The standard InChI is InChI=1S/C24H33N5O5/c1-15(2)14-28-21-16(5-8-18(30)27-11-9-24(3,34-4)10-12-27)13-25-29(21)23(33)19(22(28)32)20(31)26-17-6-7-17/h5,8,13,15,17,32H,6-7,9-12,14H2,1-4H3,(H,26,31)/b8-5+. The molecule has 10 nitrogen and oxygen atoms in total. The molecule has 10 heteroatoms. The van der Waals surface area contributed by atoms with E-state index in [2.05, 4.69) is 10.4 Å². The highest BCUT2D eigenvalue weighted by Crippen LogP contribution is 2.26. The molecule has 2 N–H and O–H groups in total. The molecule has 0 aromatic carbocycles. The van der Waals surface area contributed by atoms with Crippen molar-refractivity contribution in [2.75, 3.05) is 20.2 Å². The van der Waals surface area contributed by atoms with Crippen molar-refractivity contribution in [2.45, 2.75) is 64.6 Å². The van der Waals surface area contributed by atoms with Gasteiger partial charge in [0, 0.05) is 44.4 Å². The molecule has 2 amide bonds. The van der Waals surface area contributed by atoms with Crippen molar-refractivity contribution in [2.24, 2.45) is 5.92 Å². The van der Waals surface area contributed by atoms with Gasteiger partial charge >= 0.3 is 0 Å². The van der Waals surface area contributed by atoms with E-state index in [0.29, 0.717) is 30.8 Å². The number of ether oxygens (including phenoxy) is 1. The van der Waals surface area contributed by atoms with Crippen LogP contribution in [0.3, 0.4) is 0 Å². The van der Waals surface area contributed by atoms with Crippen LogP contribution in [0.25, 0.3) is 11.7 Å². The zero-order chi connectivity index (χ0) is 24.6. The zero-order valence-corrected chi connectivity index (χ0v) is 20.2. The van der Waals surface area contributed by atoms with Crippen LogP contribution in [0, 0.1) is 5.92 Å². The molecule has 0 unspecified atom stereocenters. The fourth-order valence-electron chi connectivity index (χ4n) is 4.22. The Labute approximate surface area is 198 Å². The summed E-state index contributed by atoms with van der Waals surface area (Å²) in [5, 5.41) is 17.9. The SMILES string of the molecule is COC1(C)CCN(C(=O)/C=C/c2cnn3c(=O)c(C(=O)NC4CC4)c(O)n(CC(C)C)c23)CC1. The van der Waals surface area contributed by atoms with Gasteiger partial charge < -0.3 is 20.1 Å². The highest BCUT2D eigenvalue weighted by molar-refractivity contribution is 5.97. The summed E-state index contributed by atoms with van der Waals surface area (Å²) in [6, 6.07) is 0.0409. The minimum absolute atomic E-state index is 0.0409. The third kappa shape index (κ3) is 4.72. The Hall–Kier alpha value is -3.14. The highest BCUT2D eigenvalue weighted by atomic mass is 16.5. The minimum Gasteiger partial charge on any atom is -0.494 e. The molecule has 0 radical (unpaired) electrons. The van der Waals surface area contributed by atoms with Gasteiger partial charge in [0.1, 0.15) is 5.65 Å². The minimum atomic E-state index is -0.688. The molecule has 3 heterocycles. The number of carbonyl (C=O) groups excluding carboxylic acids is 2. The molecule has 2 fully saturated rings. The number of hydrogen-bond acceptors (Lipinski definition) is 6. The summed E-state index contributed by atoms with van der Waals surface area (Å²) in [6.45, 7) is 7.54. The molecule has 1 aliphatic carbocycles. The van der Waals surface area contributed by atoms with E-state index in [4.69, 9.17) is 4.74 Å². The van der Waals surface area contributed by atoms with Crippen LogP contribution < -0.4 is 10.9 Å². The maximum atomic E-state index is 13.1. The molecule has 0 atom stereocenters. The van der Waals surface area contributed by atoms with Gasteiger partial charge in [0.15, 0.2) is 5.56 Å². The summed E-state index contributed by atoms with van der Waals surface area (Å²) in [6.07, 6.45) is 7.77. The molecule has 1 saturated carbocycles. The lowest BCUT2D eigenvalue weighted by molar-refractivity contribution is -0.130. The van der Waals surface area contributed by atoms with E-state index in [1.807, 2.05) is 20.8 Å². The molecule has 1 aliphatic heterocycles. The lowest BCUT2D eigenvalue weighted by Gasteiger charge is -2.38. The number of aromatic hydroxyl groups is 1. The largest absolute Gasteiger partial charge is 0.494 e. The fraction of sp³-hybridized carbons (Fsp3) is 0.583. The number of nitrogens with zero attached hydrogens (tertiary/aromatic N) is 4. The number of piperidine rings is 1. The molecule has 184 valence electrons. The van der Waals surface area contributed by atoms with Crippen LogP contribution >= 0.6 is 0 Å². The number of amides is 2. The average Bonchev–Trinajstić information content (AvgIpc) is 3.50. The van der Waals surface area contributed by atoms with E-state index < -0.39 is 11.5 Å². The molecular formula is C24H33N5O5. The molecular weight excluding hydrogens is 438 g/mol. The molecule has 2 aliphatic rings. The van der Waals surface area contributed by atoms with E-state index in [9.17, 15) is 19.5 Å². The Balaban J connectivity index is 1.67. The Morgan fingerprint density at radius 2 is 2.00 bits per heavy atom. The van der Waals surface area contributed by atoms with Crippen LogP contribution in [0.5, 0.6) is 5.88 Å². The Morgan fingerprint density at radius 1 is 1.32 bits per heavy atom. The Kier molecular flexibility index (Phi) is 6.53. The second-order valence-electron chi connectivity index (χ2n) is 9.90. The highest BCUT2D eigenvalue weighted by Gasteiger charge is 2.32. The van der Waals surface area contributed by atoms with Crippen LogP contribution in [-0.4, -0.2) is 67.8 Å². The summed E-state index contributed by atoms with van der Waals surface area (Å²) >= 11 is 0. The molecule has 4 rings (SSSR count).